The Labute approximate surface area is 134 Å². The van der Waals surface area contributed by atoms with Gasteiger partial charge in [-0.3, -0.25) is 4.55 Å². The second kappa shape index (κ2) is 12.9. The van der Waals surface area contributed by atoms with E-state index in [0.717, 1.165) is 19.3 Å². The zero-order valence-corrected chi connectivity index (χ0v) is 14.6. The van der Waals surface area contributed by atoms with Gasteiger partial charge in [-0.25, -0.2) is 0 Å². The van der Waals surface area contributed by atoms with Crippen LogP contribution in [0.2, 0.25) is 0 Å². The molecule has 0 heterocycles. The van der Waals surface area contributed by atoms with E-state index in [0.29, 0.717) is 6.42 Å². The van der Waals surface area contributed by atoms with E-state index < -0.39 is 22.0 Å². The van der Waals surface area contributed by atoms with Crippen LogP contribution in [0.15, 0.2) is 0 Å². The predicted octanol–water partition coefficient (Wildman–Crippen LogP) is 2.39. The molecule has 1 unspecified atom stereocenters. The molecule has 1 radical (unpaired) electrons. The number of hydrogen-bond acceptors (Lipinski definition) is 3. The summed E-state index contributed by atoms with van der Waals surface area (Å²) in [6, 6.07) is 0. The van der Waals surface area contributed by atoms with Crippen molar-refractivity contribution in [2.45, 2.75) is 70.8 Å². The van der Waals surface area contributed by atoms with Crippen LogP contribution < -0.4 is 0 Å². The predicted molar refractivity (Wildman–Crippen MR) is 75.4 cm³/mol. The van der Waals surface area contributed by atoms with Gasteiger partial charge in [0, 0.05) is 29.6 Å². The van der Waals surface area contributed by atoms with Crippen molar-refractivity contribution in [3.8, 4) is 0 Å². The van der Waals surface area contributed by atoms with Gasteiger partial charge in [-0.2, -0.15) is 8.42 Å². The number of unbranched alkanes of at least 4 members (excludes halogenated alkanes) is 7. The Kier molecular flexibility index (Phi) is 15.2. The summed E-state index contributed by atoms with van der Waals surface area (Å²) in [6.45, 7) is 2.19. The monoisotopic (exact) mass is 289 g/mol. The molecular formula is C12H26NaO4S. The molecule has 0 aliphatic rings. The third-order valence-electron chi connectivity index (χ3n) is 2.79. The van der Waals surface area contributed by atoms with Gasteiger partial charge in [0.05, 0.1) is 6.10 Å². The van der Waals surface area contributed by atoms with E-state index in [1.165, 1.54) is 32.1 Å². The molecule has 0 rings (SSSR count). The normalized spacial score (nSPS) is 13.1. The van der Waals surface area contributed by atoms with Crippen molar-refractivity contribution in [3.05, 3.63) is 0 Å². The van der Waals surface area contributed by atoms with E-state index >= 15 is 0 Å². The number of aliphatic hydroxyl groups is 1. The van der Waals surface area contributed by atoms with E-state index in [4.69, 9.17) is 4.55 Å². The molecule has 6 heteroatoms. The van der Waals surface area contributed by atoms with Crippen molar-refractivity contribution < 1.29 is 18.1 Å². The number of aliphatic hydroxyl groups excluding tert-OH is 1. The van der Waals surface area contributed by atoms with Crippen LogP contribution >= 0.6 is 0 Å². The van der Waals surface area contributed by atoms with Gasteiger partial charge in [-0.1, -0.05) is 58.3 Å². The molecule has 18 heavy (non-hydrogen) atoms. The maximum absolute atomic E-state index is 10.5. The Hall–Kier alpha value is 0.870. The summed E-state index contributed by atoms with van der Waals surface area (Å²) < 4.78 is 29.5. The Morgan fingerprint density at radius 3 is 1.83 bits per heavy atom. The van der Waals surface area contributed by atoms with Crippen LogP contribution in [0.1, 0.15) is 64.7 Å². The zero-order valence-electron chi connectivity index (χ0n) is 11.8. The van der Waals surface area contributed by atoms with Crippen molar-refractivity contribution in [2.24, 2.45) is 0 Å². The van der Waals surface area contributed by atoms with Gasteiger partial charge < -0.3 is 5.11 Å². The molecule has 0 saturated carbocycles. The van der Waals surface area contributed by atoms with Crippen LogP contribution in [0.25, 0.3) is 0 Å². The van der Waals surface area contributed by atoms with Crippen LogP contribution in [0.4, 0.5) is 0 Å². The van der Waals surface area contributed by atoms with Gasteiger partial charge in [0.15, 0.2) is 0 Å². The minimum Gasteiger partial charge on any atom is -0.392 e. The molecule has 105 valence electrons. The molecule has 0 aliphatic carbocycles. The van der Waals surface area contributed by atoms with Crippen LogP contribution in [0.5, 0.6) is 0 Å². The van der Waals surface area contributed by atoms with E-state index in [9.17, 15) is 13.5 Å². The molecule has 0 aromatic heterocycles. The molecule has 4 nitrogen and oxygen atoms in total. The fourth-order valence-corrected chi connectivity index (χ4v) is 2.49. The van der Waals surface area contributed by atoms with E-state index in [1.54, 1.807) is 0 Å². The summed E-state index contributed by atoms with van der Waals surface area (Å²) in [4.78, 5) is 0. The van der Waals surface area contributed by atoms with Crippen molar-refractivity contribution in [1.82, 2.24) is 0 Å². The van der Waals surface area contributed by atoms with Crippen molar-refractivity contribution in [3.63, 3.8) is 0 Å². The van der Waals surface area contributed by atoms with E-state index in [1.807, 2.05) is 0 Å². The summed E-state index contributed by atoms with van der Waals surface area (Å²) >= 11 is 0. The van der Waals surface area contributed by atoms with Crippen LogP contribution in [-0.4, -0.2) is 59.5 Å². The molecule has 0 fully saturated rings. The van der Waals surface area contributed by atoms with Gasteiger partial charge >= 0.3 is 0 Å². The van der Waals surface area contributed by atoms with Gasteiger partial charge in [0.2, 0.25) is 0 Å². The Morgan fingerprint density at radius 2 is 1.39 bits per heavy atom. The number of hydrogen-bond donors (Lipinski definition) is 2. The summed E-state index contributed by atoms with van der Waals surface area (Å²) in [6.07, 6.45) is 8.84. The molecule has 0 aliphatic heterocycles. The molecule has 1 atom stereocenters. The molecule has 0 aromatic carbocycles. The SMILES string of the molecule is CCCCCCCCCCC(O)CS(=O)(=O)O.[Na]. The minimum absolute atomic E-state index is 0. The summed E-state index contributed by atoms with van der Waals surface area (Å²) in [5.41, 5.74) is 0. The first-order chi connectivity index (χ1) is 7.95. The third-order valence-corrected chi connectivity index (χ3v) is 3.60. The molecule has 0 amide bonds. The van der Waals surface area contributed by atoms with Crippen molar-refractivity contribution in [1.29, 1.82) is 0 Å². The Morgan fingerprint density at radius 1 is 0.944 bits per heavy atom. The maximum Gasteiger partial charge on any atom is 0.267 e. The second-order valence-electron chi connectivity index (χ2n) is 4.67. The van der Waals surface area contributed by atoms with Gasteiger partial charge in [-0.05, 0) is 6.42 Å². The van der Waals surface area contributed by atoms with E-state index in [2.05, 4.69) is 6.92 Å². The number of rotatable bonds is 11. The topological polar surface area (TPSA) is 74.6 Å². The quantitative estimate of drug-likeness (QED) is 0.348. The first-order valence-corrected chi connectivity index (χ1v) is 8.20. The Balaban J connectivity index is 0. The zero-order chi connectivity index (χ0) is 13.1. The van der Waals surface area contributed by atoms with Gasteiger partial charge in [0.25, 0.3) is 10.1 Å². The van der Waals surface area contributed by atoms with Gasteiger partial charge in [-0.15, -0.1) is 0 Å². The van der Waals surface area contributed by atoms with Crippen molar-refractivity contribution in [2.75, 3.05) is 5.75 Å². The molecule has 2 N–H and O–H groups in total. The first kappa shape index (κ1) is 21.2. The molecule has 0 saturated heterocycles. The second-order valence-corrected chi connectivity index (χ2v) is 6.16. The smallest absolute Gasteiger partial charge is 0.267 e. The molecule has 0 bridgehead atoms. The molecule has 0 aromatic rings. The van der Waals surface area contributed by atoms with Gasteiger partial charge in [0.1, 0.15) is 5.75 Å². The van der Waals surface area contributed by atoms with Crippen LogP contribution in [0.3, 0.4) is 0 Å². The fourth-order valence-electron chi connectivity index (χ4n) is 1.84. The minimum atomic E-state index is -4.03. The largest absolute Gasteiger partial charge is 0.392 e. The Bertz CT molecular complexity index is 267. The van der Waals surface area contributed by atoms with Crippen LogP contribution in [-0.2, 0) is 10.1 Å². The summed E-state index contributed by atoms with van der Waals surface area (Å²) in [5.74, 6) is -0.538. The molecule has 0 spiro atoms. The third kappa shape index (κ3) is 16.9. The van der Waals surface area contributed by atoms with Crippen LogP contribution in [0, 0.1) is 0 Å². The average Bonchev–Trinajstić information content (AvgIpc) is 2.19. The summed E-state index contributed by atoms with van der Waals surface area (Å²) in [7, 11) is -4.03. The average molecular weight is 289 g/mol. The summed E-state index contributed by atoms with van der Waals surface area (Å²) in [5, 5.41) is 9.32. The van der Waals surface area contributed by atoms with E-state index in [-0.39, 0.29) is 29.6 Å². The standard InChI is InChI=1S/C12H26O4S.Na/c1-2-3-4-5-6-7-8-9-10-12(13)11-17(14,15)16;/h12-13H,2-11H2,1H3,(H,14,15,16);. The molecular weight excluding hydrogens is 263 g/mol. The maximum atomic E-state index is 10.5. The van der Waals surface area contributed by atoms with Crippen molar-refractivity contribution >= 4 is 39.7 Å². The fraction of sp³-hybridized carbons (Fsp3) is 1.00. The first-order valence-electron chi connectivity index (χ1n) is 6.59.